The van der Waals surface area contributed by atoms with Crippen molar-refractivity contribution >= 4 is 0 Å². The van der Waals surface area contributed by atoms with Gasteiger partial charge in [0.15, 0.2) is 0 Å². The molecule has 2 heteroatoms. The zero-order valence-electron chi connectivity index (χ0n) is 8.04. The van der Waals surface area contributed by atoms with Crippen molar-refractivity contribution in [1.82, 2.24) is 0 Å². The van der Waals surface area contributed by atoms with E-state index < -0.39 is 0 Å². The largest absolute Gasteiger partial charge is 0.628 e. The number of likely N-dealkylation sites (tertiary alicyclic amines) is 1. The fourth-order valence-electron chi connectivity index (χ4n) is 2.17. The van der Waals surface area contributed by atoms with Gasteiger partial charge in [-0.25, -0.2) is 0 Å². The van der Waals surface area contributed by atoms with Crippen molar-refractivity contribution in [1.29, 1.82) is 0 Å². The number of nitrogens with zero attached hydrogens (tertiary/aromatic N) is 1. The highest BCUT2D eigenvalue weighted by Crippen LogP contribution is 2.24. The molecule has 0 N–H and O–H groups in total. The van der Waals surface area contributed by atoms with Gasteiger partial charge in [-0.2, -0.15) is 0 Å². The van der Waals surface area contributed by atoms with Crippen LogP contribution in [-0.2, 0) is 0 Å². The van der Waals surface area contributed by atoms with E-state index in [9.17, 15) is 5.21 Å². The molecule has 1 aliphatic carbocycles. The molecule has 0 amide bonds. The van der Waals surface area contributed by atoms with E-state index in [0.29, 0.717) is 0 Å². The zero-order chi connectivity index (χ0) is 9.15. The summed E-state index contributed by atoms with van der Waals surface area (Å²) in [7, 11) is 0. The van der Waals surface area contributed by atoms with Crippen LogP contribution in [0.5, 0.6) is 0 Å². The maximum Gasteiger partial charge on any atom is 0.0953 e. The Labute approximate surface area is 79.7 Å². The van der Waals surface area contributed by atoms with E-state index in [1.807, 2.05) is 6.20 Å². The first kappa shape index (κ1) is 8.97. The third kappa shape index (κ3) is 2.20. The van der Waals surface area contributed by atoms with Crippen LogP contribution in [0.4, 0.5) is 0 Å². The Hall–Kier alpha value is -0.600. The lowest BCUT2D eigenvalue weighted by atomic mass is 10.0. The predicted molar refractivity (Wildman–Crippen MR) is 53.7 cm³/mol. The van der Waals surface area contributed by atoms with Gasteiger partial charge in [0.2, 0.25) is 0 Å². The van der Waals surface area contributed by atoms with Gasteiger partial charge in [0.25, 0.3) is 0 Å². The van der Waals surface area contributed by atoms with Crippen molar-refractivity contribution in [3.05, 3.63) is 29.1 Å². The van der Waals surface area contributed by atoms with Crippen LogP contribution >= 0.6 is 0 Å². The molecule has 0 bridgehead atoms. The van der Waals surface area contributed by atoms with Crippen LogP contribution in [0.15, 0.2) is 23.9 Å². The van der Waals surface area contributed by atoms with Gasteiger partial charge in [-0.05, 0) is 24.8 Å². The monoisotopic (exact) mass is 179 g/mol. The Morgan fingerprint density at radius 1 is 1.23 bits per heavy atom. The number of hydrogen-bond donors (Lipinski definition) is 0. The first-order valence-electron chi connectivity index (χ1n) is 5.22. The quantitative estimate of drug-likeness (QED) is 0.345. The minimum absolute atomic E-state index is 0.0524. The smallest absolute Gasteiger partial charge is 0.0953 e. The molecule has 1 fully saturated rings. The minimum atomic E-state index is -0.0524. The van der Waals surface area contributed by atoms with Gasteiger partial charge in [0, 0.05) is 12.8 Å². The summed E-state index contributed by atoms with van der Waals surface area (Å²) in [5, 5.41) is 12.0. The van der Waals surface area contributed by atoms with E-state index in [-0.39, 0.29) is 4.65 Å². The van der Waals surface area contributed by atoms with Crippen LogP contribution < -0.4 is 0 Å². The maximum absolute atomic E-state index is 12.0. The van der Waals surface area contributed by atoms with Gasteiger partial charge in [-0.3, -0.25) is 0 Å². The summed E-state index contributed by atoms with van der Waals surface area (Å²) in [6.07, 6.45) is 11.8. The Kier molecular flexibility index (Phi) is 2.51. The average molecular weight is 179 g/mol. The third-order valence-corrected chi connectivity index (χ3v) is 2.92. The Morgan fingerprint density at radius 2 is 2.00 bits per heavy atom. The van der Waals surface area contributed by atoms with Crippen LogP contribution in [0, 0.1) is 5.21 Å². The van der Waals surface area contributed by atoms with E-state index in [1.165, 1.54) is 5.57 Å². The van der Waals surface area contributed by atoms with E-state index >= 15 is 0 Å². The van der Waals surface area contributed by atoms with E-state index in [1.54, 1.807) is 0 Å². The lowest BCUT2D eigenvalue weighted by Crippen LogP contribution is -2.32. The molecule has 0 aromatic rings. The molecular formula is C11H17NO. The summed E-state index contributed by atoms with van der Waals surface area (Å²) in [6.45, 7) is 1.60. The van der Waals surface area contributed by atoms with E-state index in [2.05, 4.69) is 12.2 Å². The number of quaternary nitrogens is 1. The van der Waals surface area contributed by atoms with Gasteiger partial charge >= 0.3 is 0 Å². The Morgan fingerprint density at radius 3 is 2.62 bits per heavy atom. The van der Waals surface area contributed by atoms with E-state index in [4.69, 9.17) is 0 Å². The van der Waals surface area contributed by atoms with Crippen molar-refractivity contribution in [2.45, 2.75) is 32.1 Å². The van der Waals surface area contributed by atoms with Gasteiger partial charge in [0.1, 0.15) is 0 Å². The summed E-state index contributed by atoms with van der Waals surface area (Å²) in [6, 6.07) is 0. The predicted octanol–water partition coefficient (Wildman–Crippen LogP) is 2.72. The Bertz CT molecular complexity index is 236. The Balaban J connectivity index is 2.04. The second kappa shape index (κ2) is 3.64. The minimum Gasteiger partial charge on any atom is -0.628 e. The topological polar surface area (TPSA) is 23.1 Å². The average Bonchev–Trinajstić information content (AvgIpc) is 2.54. The van der Waals surface area contributed by atoms with Gasteiger partial charge < -0.3 is 9.85 Å². The first-order chi connectivity index (χ1) is 6.29. The number of rotatable bonds is 1. The maximum atomic E-state index is 12.0. The highest BCUT2D eigenvalue weighted by Gasteiger charge is 2.21. The fourth-order valence-corrected chi connectivity index (χ4v) is 2.17. The lowest BCUT2D eigenvalue weighted by Gasteiger charge is -2.35. The number of hydrogen-bond acceptors (Lipinski definition) is 1. The SMILES string of the molecule is [O-][N+]1(C=C2CC=CCC2)CCCC1. The summed E-state index contributed by atoms with van der Waals surface area (Å²) < 4.78 is -0.0524. The molecule has 0 spiro atoms. The standard InChI is InChI=1S/C11H17NO/c13-12(8-4-5-9-12)10-11-6-2-1-3-7-11/h1-2,10H,3-9H2. The molecule has 2 aliphatic rings. The number of hydroxylamine groups is 3. The van der Waals surface area contributed by atoms with Crippen molar-refractivity contribution in [3.63, 3.8) is 0 Å². The van der Waals surface area contributed by atoms with Gasteiger partial charge in [0.05, 0.1) is 19.3 Å². The highest BCUT2D eigenvalue weighted by molar-refractivity contribution is 5.10. The molecule has 1 heterocycles. The van der Waals surface area contributed by atoms with Crippen molar-refractivity contribution in [2.24, 2.45) is 0 Å². The second-order valence-corrected chi connectivity index (χ2v) is 4.11. The molecule has 0 atom stereocenters. The van der Waals surface area contributed by atoms with Gasteiger partial charge in [-0.1, -0.05) is 12.2 Å². The molecule has 2 rings (SSSR count). The number of allylic oxidation sites excluding steroid dienone is 3. The van der Waals surface area contributed by atoms with Crippen LogP contribution in [-0.4, -0.2) is 17.7 Å². The lowest BCUT2D eigenvalue weighted by molar-refractivity contribution is -0.816. The van der Waals surface area contributed by atoms with Gasteiger partial charge in [-0.15, -0.1) is 0 Å². The summed E-state index contributed by atoms with van der Waals surface area (Å²) in [5.41, 5.74) is 1.35. The zero-order valence-corrected chi connectivity index (χ0v) is 8.04. The highest BCUT2D eigenvalue weighted by atomic mass is 16.5. The third-order valence-electron chi connectivity index (χ3n) is 2.92. The summed E-state index contributed by atoms with van der Waals surface area (Å²) in [5.74, 6) is 0. The molecule has 0 aromatic carbocycles. The van der Waals surface area contributed by atoms with Crippen LogP contribution in [0.25, 0.3) is 0 Å². The molecular weight excluding hydrogens is 162 g/mol. The summed E-state index contributed by atoms with van der Waals surface area (Å²) in [4.78, 5) is 0. The first-order valence-corrected chi connectivity index (χ1v) is 5.22. The molecule has 0 aromatic heterocycles. The fraction of sp³-hybridized carbons (Fsp3) is 0.636. The second-order valence-electron chi connectivity index (χ2n) is 4.11. The molecule has 0 saturated carbocycles. The molecule has 0 radical (unpaired) electrons. The molecule has 72 valence electrons. The molecule has 0 unspecified atom stereocenters. The molecule has 2 nitrogen and oxygen atoms in total. The molecule has 13 heavy (non-hydrogen) atoms. The van der Waals surface area contributed by atoms with Crippen molar-refractivity contribution in [2.75, 3.05) is 13.1 Å². The summed E-state index contributed by atoms with van der Waals surface area (Å²) >= 11 is 0. The molecule has 1 saturated heterocycles. The molecule has 1 aliphatic heterocycles. The van der Waals surface area contributed by atoms with Crippen LogP contribution in [0.1, 0.15) is 32.1 Å². The van der Waals surface area contributed by atoms with Crippen LogP contribution in [0.3, 0.4) is 0 Å². The normalized spacial score (nSPS) is 29.8. The van der Waals surface area contributed by atoms with Crippen molar-refractivity contribution < 1.29 is 4.65 Å². The van der Waals surface area contributed by atoms with Crippen LogP contribution in [0.2, 0.25) is 0 Å². The van der Waals surface area contributed by atoms with Crippen molar-refractivity contribution in [3.8, 4) is 0 Å². The van der Waals surface area contributed by atoms with E-state index in [0.717, 1.165) is 45.2 Å².